The number of aliphatic hydroxyl groups is 1. The molecule has 7 nitrogen and oxygen atoms in total. The molecular formula is C15H23N5O2. The van der Waals surface area contributed by atoms with Crippen molar-refractivity contribution in [3.8, 4) is 0 Å². The minimum atomic E-state index is 0.108. The summed E-state index contributed by atoms with van der Waals surface area (Å²) in [5.41, 5.74) is 3.40. The van der Waals surface area contributed by atoms with E-state index in [1.165, 1.54) is 24.8 Å². The van der Waals surface area contributed by atoms with Crippen LogP contribution in [0.5, 0.6) is 0 Å². The molecule has 120 valence electrons. The van der Waals surface area contributed by atoms with Gasteiger partial charge in [0.1, 0.15) is 0 Å². The molecule has 1 aliphatic rings. The summed E-state index contributed by atoms with van der Waals surface area (Å²) >= 11 is 0. The topological polar surface area (TPSA) is 80.2 Å². The Morgan fingerprint density at radius 1 is 1.36 bits per heavy atom. The van der Waals surface area contributed by atoms with Crippen LogP contribution < -0.4 is 0 Å². The van der Waals surface area contributed by atoms with E-state index in [0.717, 1.165) is 36.7 Å². The highest BCUT2D eigenvalue weighted by Crippen LogP contribution is 2.31. The first-order chi connectivity index (χ1) is 10.7. The van der Waals surface area contributed by atoms with Gasteiger partial charge in [0, 0.05) is 17.8 Å². The van der Waals surface area contributed by atoms with E-state index < -0.39 is 0 Å². The van der Waals surface area contributed by atoms with Crippen LogP contribution in [0.3, 0.4) is 0 Å². The third-order valence-electron chi connectivity index (χ3n) is 4.49. The van der Waals surface area contributed by atoms with E-state index >= 15 is 0 Å². The van der Waals surface area contributed by atoms with E-state index in [2.05, 4.69) is 27.1 Å². The minimum absolute atomic E-state index is 0.108. The first kappa shape index (κ1) is 15.2. The Morgan fingerprint density at radius 3 is 2.95 bits per heavy atom. The predicted octanol–water partition coefficient (Wildman–Crippen LogP) is 1.60. The van der Waals surface area contributed by atoms with Crippen molar-refractivity contribution in [2.45, 2.75) is 52.2 Å². The lowest BCUT2D eigenvalue weighted by Gasteiger charge is -2.33. The summed E-state index contributed by atoms with van der Waals surface area (Å²) in [4.78, 5) is 6.65. The van der Waals surface area contributed by atoms with Gasteiger partial charge in [-0.1, -0.05) is 11.6 Å². The second-order valence-electron chi connectivity index (χ2n) is 5.87. The van der Waals surface area contributed by atoms with E-state index in [-0.39, 0.29) is 12.6 Å². The van der Waals surface area contributed by atoms with Crippen LogP contribution in [0.4, 0.5) is 0 Å². The van der Waals surface area contributed by atoms with Crippen LogP contribution in [-0.4, -0.2) is 43.1 Å². The van der Waals surface area contributed by atoms with Gasteiger partial charge in [0.15, 0.2) is 5.82 Å². The summed E-state index contributed by atoms with van der Waals surface area (Å²) < 4.78 is 6.80. The molecule has 7 heteroatoms. The normalized spacial score (nSPS) is 19.7. The van der Waals surface area contributed by atoms with Gasteiger partial charge < -0.3 is 9.63 Å². The molecule has 1 fully saturated rings. The third-order valence-corrected chi connectivity index (χ3v) is 4.49. The fraction of sp³-hybridized carbons (Fsp3) is 0.667. The SMILES string of the molecule is Cc1nn(CCO)c(C)c1CN1CCCCC1c1ncon1. The molecule has 0 saturated carbocycles. The van der Waals surface area contributed by atoms with Crippen LogP contribution in [0.1, 0.15) is 48.1 Å². The highest BCUT2D eigenvalue weighted by molar-refractivity contribution is 5.24. The van der Waals surface area contributed by atoms with Gasteiger partial charge in [-0.05, 0) is 33.2 Å². The summed E-state index contributed by atoms with van der Waals surface area (Å²) in [5, 5.41) is 17.7. The molecule has 2 aromatic heterocycles. The fourth-order valence-corrected chi connectivity index (χ4v) is 3.28. The van der Waals surface area contributed by atoms with Crippen molar-refractivity contribution in [2.24, 2.45) is 0 Å². The predicted molar refractivity (Wildman–Crippen MR) is 80.1 cm³/mol. The number of rotatable bonds is 5. The molecule has 0 spiro atoms. The average Bonchev–Trinajstić information content (AvgIpc) is 3.13. The molecular weight excluding hydrogens is 282 g/mol. The van der Waals surface area contributed by atoms with Gasteiger partial charge in [-0.25, -0.2) is 0 Å². The first-order valence-corrected chi connectivity index (χ1v) is 7.84. The maximum Gasteiger partial charge on any atom is 0.213 e. The van der Waals surface area contributed by atoms with Gasteiger partial charge in [0.05, 0.1) is 24.9 Å². The zero-order valence-electron chi connectivity index (χ0n) is 13.2. The Balaban J connectivity index is 1.81. The summed E-state index contributed by atoms with van der Waals surface area (Å²) in [6.07, 6.45) is 4.84. The van der Waals surface area contributed by atoms with Crippen molar-refractivity contribution in [1.29, 1.82) is 0 Å². The molecule has 0 bridgehead atoms. The summed E-state index contributed by atoms with van der Waals surface area (Å²) in [7, 11) is 0. The van der Waals surface area contributed by atoms with Crippen molar-refractivity contribution in [1.82, 2.24) is 24.8 Å². The number of likely N-dealkylation sites (tertiary alicyclic amines) is 1. The van der Waals surface area contributed by atoms with E-state index in [0.29, 0.717) is 6.54 Å². The zero-order chi connectivity index (χ0) is 15.5. The summed E-state index contributed by atoms with van der Waals surface area (Å²) in [6, 6.07) is 0.215. The van der Waals surface area contributed by atoms with Gasteiger partial charge in [-0.3, -0.25) is 9.58 Å². The van der Waals surface area contributed by atoms with Crippen LogP contribution in [0.2, 0.25) is 0 Å². The Kier molecular flexibility index (Phi) is 4.54. The minimum Gasteiger partial charge on any atom is -0.394 e. The maximum absolute atomic E-state index is 9.13. The number of piperidine rings is 1. The van der Waals surface area contributed by atoms with Crippen LogP contribution >= 0.6 is 0 Å². The highest BCUT2D eigenvalue weighted by Gasteiger charge is 2.28. The van der Waals surface area contributed by atoms with Crippen LogP contribution in [0, 0.1) is 13.8 Å². The summed E-state index contributed by atoms with van der Waals surface area (Å²) in [6.45, 7) is 6.62. The molecule has 3 rings (SSSR count). The summed E-state index contributed by atoms with van der Waals surface area (Å²) in [5.74, 6) is 0.776. The molecule has 1 unspecified atom stereocenters. The van der Waals surface area contributed by atoms with Crippen LogP contribution in [0.25, 0.3) is 0 Å². The van der Waals surface area contributed by atoms with Crippen molar-refractivity contribution in [2.75, 3.05) is 13.2 Å². The lowest BCUT2D eigenvalue weighted by molar-refractivity contribution is 0.131. The van der Waals surface area contributed by atoms with E-state index in [1.54, 1.807) is 0 Å². The Labute approximate surface area is 129 Å². The lowest BCUT2D eigenvalue weighted by atomic mass is 10.00. The molecule has 1 aliphatic heterocycles. The average molecular weight is 305 g/mol. The molecule has 1 N–H and O–H groups in total. The quantitative estimate of drug-likeness (QED) is 0.904. The van der Waals surface area contributed by atoms with Crippen molar-refractivity contribution >= 4 is 0 Å². The smallest absolute Gasteiger partial charge is 0.213 e. The molecule has 1 atom stereocenters. The second kappa shape index (κ2) is 6.58. The lowest BCUT2D eigenvalue weighted by Crippen LogP contribution is -2.33. The van der Waals surface area contributed by atoms with Gasteiger partial charge in [0.2, 0.25) is 6.39 Å². The second-order valence-corrected chi connectivity index (χ2v) is 5.87. The third kappa shape index (κ3) is 2.91. The number of nitrogens with zero attached hydrogens (tertiary/aromatic N) is 5. The van der Waals surface area contributed by atoms with Crippen molar-refractivity contribution in [3.05, 3.63) is 29.2 Å². The zero-order valence-corrected chi connectivity index (χ0v) is 13.2. The maximum atomic E-state index is 9.13. The van der Waals surface area contributed by atoms with Gasteiger partial charge in [-0.15, -0.1) is 0 Å². The fourth-order valence-electron chi connectivity index (χ4n) is 3.28. The van der Waals surface area contributed by atoms with Crippen molar-refractivity contribution in [3.63, 3.8) is 0 Å². The van der Waals surface area contributed by atoms with E-state index in [1.807, 2.05) is 11.6 Å². The molecule has 3 heterocycles. The van der Waals surface area contributed by atoms with Crippen molar-refractivity contribution < 1.29 is 9.63 Å². The molecule has 1 saturated heterocycles. The Morgan fingerprint density at radius 2 is 2.23 bits per heavy atom. The first-order valence-electron chi connectivity index (χ1n) is 7.84. The van der Waals surface area contributed by atoms with Gasteiger partial charge in [0.25, 0.3) is 0 Å². The number of aryl methyl sites for hydroxylation is 1. The number of aliphatic hydroxyl groups excluding tert-OH is 1. The molecule has 0 aliphatic carbocycles. The molecule has 0 aromatic carbocycles. The Bertz CT molecular complexity index is 608. The van der Waals surface area contributed by atoms with Gasteiger partial charge >= 0.3 is 0 Å². The number of hydrogen-bond donors (Lipinski definition) is 1. The van der Waals surface area contributed by atoms with Gasteiger partial charge in [-0.2, -0.15) is 10.1 Å². The highest BCUT2D eigenvalue weighted by atomic mass is 16.5. The number of hydrogen-bond acceptors (Lipinski definition) is 6. The monoisotopic (exact) mass is 305 g/mol. The molecule has 22 heavy (non-hydrogen) atoms. The van der Waals surface area contributed by atoms with Crippen LogP contribution in [-0.2, 0) is 13.1 Å². The Hall–Kier alpha value is -1.73. The molecule has 0 amide bonds. The number of aromatic nitrogens is 4. The molecule has 0 radical (unpaired) electrons. The largest absolute Gasteiger partial charge is 0.394 e. The van der Waals surface area contributed by atoms with E-state index in [9.17, 15) is 0 Å². The van der Waals surface area contributed by atoms with E-state index in [4.69, 9.17) is 9.63 Å². The molecule has 2 aromatic rings. The van der Waals surface area contributed by atoms with Crippen LogP contribution in [0.15, 0.2) is 10.9 Å². The standard InChI is InChI=1S/C15H23N5O2/c1-11-13(12(2)20(17-11)7-8-21)9-19-6-4-3-5-14(19)15-16-10-22-18-15/h10,14,21H,3-9H2,1-2H3.